The summed E-state index contributed by atoms with van der Waals surface area (Å²) < 4.78 is 32.7. The number of thiophene rings is 1. The Morgan fingerprint density at radius 2 is 2.03 bits per heavy atom. The van der Waals surface area contributed by atoms with Gasteiger partial charge in [-0.3, -0.25) is 4.79 Å². The van der Waals surface area contributed by atoms with Crippen molar-refractivity contribution in [1.29, 1.82) is 0 Å². The van der Waals surface area contributed by atoms with Gasteiger partial charge >= 0.3 is 5.97 Å². The number of pyridine rings is 1. The monoisotopic (exact) mass is 445 g/mol. The van der Waals surface area contributed by atoms with Crippen molar-refractivity contribution in [2.75, 3.05) is 12.8 Å². The topological polar surface area (TPSA) is 97.3 Å². The van der Waals surface area contributed by atoms with Crippen molar-refractivity contribution < 1.29 is 18.7 Å². The number of aromatic nitrogens is 1. The van der Waals surface area contributed by atoms with E-state index in [1.165, 1.54) is 15.9 Å². The molecule has 1 aromatic carbocycles. The minimum atomic E-state index is -1.45. The lowest BCUT2D eigenvalue weighted by Gasteiger charge is -2.21. The Labute approximate surface area is 180 Å². The van der Waals surface area contributed by atoms with Crippen LogP contribution >= 0.6 is 11.3 Å². The predicted molar refractivity (Wildman–Crippen MR) is 116 cm³/mol. The number of aromatic carboxylic acids is 1. The molecule has 5 rings (SSSR count). The number of aryl methyl sites for hydroxylation is 1. The highest BCUT2D eigenvalue weighted by molar-refractivity contribution is 7.15. The number of carbonyl (C=O) groups is 1. The second-order valence-electron chi connectivity index (χ2n) is 8.19. The maximum atomic E-state index is 15.9. The predicted octanol–water partition coefficient (Wildman–Crippen LogP) is 4.22. The van der Waals surface area contributed by atoms with Crippen LogP contribution in [0.4, 0.5) is 14.5 Å². The second-order valence-corrected chi connectivity index (χ2v) is 9.27. The van der Waals surface area contributed by atoms with E-state index in [1.807, 2.05) is 13.1 Å². The molecule has 0 saturated heterocycles. The number of fused-ring (bicyclic) bond motifs is 2. The summed E-state index contributed by atoms with van der Waals surface area (Å²) in [5.41, 5.74) is 4.67. The Kier molecular flexibility index (Phi) is 4.63. The zero-order valence-electron chi connectivity index (χ0n) is 16.8. The quantitative estimate of drug-likeness (QED) is 0.523. The first-order valence-electron chi connectivity index (χ1n) is 10.2. The molecule has 0 aliphatic heterocycles. The molecular formula is C22H21F2N3O3S. The summed E-state index contributed by atoms with van der Waals surface area (Å²) in [5, 5.41) is 12.3. The number of nitrogens with one attached hydrogen (secondary N) is 1. The Balaban J connectivity index is 1.83. The SMILES string of the molecule is CNC1CCCc2cc(-c3c(F)c(N)c4c(=O)c(C(=O)O)cn(C5CC5)c4c3F)sc21. The Morgan fingerprint density at radius 3 is 2.68 bits per heavy atom. The molecule has 1 unspecified atom stereocenters. The highest BCUT2D eigenvalue weighted by atomic mass is 32.1. The Morgan fingerprint density at radius 1 is 1.29 bits per heavy atom. The molecule has 4 N–H and O–H groups in total. The minimum absolute atomic E-state index is 0.122. The molecule has 0 bridgehead atoms. The highest BCUT2D eigenvalue weighted by Gasteiger charge is 2.33. The van der Waals surface area contributed by atoms with Gasteiger partial charge in [0.2, 0.25) is 5.43 Å². The molecule has 0 amide bonds. The summed E-state index contributed by atoms with van der Waals surface area (Å²) in [6.07, 6.45) is 5.38. The van der Waals surface area contributed by atoms with E-state index in [4.69, 9.17) is 5.73 Å². The summed E-state index contributed by atoms with van der Waals surface area (Å²) in [6.45, 7) is 0. The van der Waals surface area contributed by atoms with Gasteiger partial charge in [0.15, 0.2) is 11.6 Å². The van der Waals surface area contributed by atoms with Crippen LogP contribution in [0.5, 0.6) is 0 Å². The number of halogens is 2. The number of rotatable bonds is 4. The van der Waals surface area contributed by atoms with Gasteiger partial charge in [0.1, 0.15) is 5.56 Å². The van der Waals surface area contributed by atoms with Gasteiger partial charge in [0, 0.05) is 28.0 Å². The average molecular weight is 445 g/mol. The lowest BCUT2D eigenvalue weighted by atomic mass is 9.94. The molecule has 0 radical (unpaired) electrons. The fraction of sp³-hybridized carbons (Fsp3) is 0.364. The van der Waals surface area contributed by atoms with Crippen molar-refractivity contribution in [1.82, 2.24) is 9.88 Å². The maximum Gasteiger partial charge on any atom is 0.341 e. The molecule has 1 fully saturated rings. The van der Waals surface area contributed by atoms with Gasteiger partial charge < -0.3 is 20.7 Å². The standard InChI is InChI=1S/C22H21F2N3O3S/c1-26-12-4-2-3-9-7-13(31-21(9)12)14-16(23)18(25)15-19(17(14)24)27(10-5-6-10)8-11(20(15)28)22(29)30/h7-8,10,12,26H,2-6,25H2,1H3,(H,29,30). The molecule has 2 aromatic heterocycles. The first kappa shape index (κ1) is 20.1. The molecular weight excluding hydrogens is 424 g/mol. The molecule has 2 aliphatic carbocycles. The van der Waals surface area contributed by atoms with Crippen LogP contribution in [0, 0.1) is 11.6 Å². The lowest BCUT2D eigenvalue weighted by molar-refractivity contribution is 0.0695. The fourth-order valence-electron chi connectivity index (χ4n) is 4.53. The van der Waals surface area contributed by atoms with Crippen LogP contribution in [-0.4, -0.2) is 22.7 Å². The summed E-state index contributed by atoms with van der Waals surface area (Å²) in [5.74, 6) is -3.34. The fourth-order valence-corrected chi connectivity index (χ4v) is 5.92. The number of nitrogen functional groups attached to an aromatic ring is 1. The van der Waals surface area contributed by atoms with Crippen LogP contribution in [0.15, 0.2) is 17.1 Å². The second kappa shape index (κ2) is 7.13. The maximum absolute atomic E-state index is 15.9. The molecule has 3 aromatic rings. The van der Waals surface area contributed by atoms with Crippen molar-refractivity contribution >= 4 is 33.9 Å². The molecule has 6 nitrogen and oxygen atoms in total. The number of nitrogens with zero attached hydrogens (tertiary/aromatic N) is 1. The molecule has 2 heterocycles. The zero-order chi connectivity index (χ0) is 22.0. The van der Waals surface area contributed by atoms with Crippen molar-refractivity contribution in [2.45, 2.75) is 44.2 Å². The number of benzene rings is 1. The molecule has 2 aliphatic rings. The lowest BCUT2D eigenvalue weighted by Crippen LogP contribution is -2.21. The number of hydrogen-bond donors (Lipinski definition) is 3. The van der Waals surface area contributed by atoms with E-state index in [0.29, 0.717) is 4.88 Å². The van der Waals surface area contributed by atoms with Crippen molar-refractivity contribution in [3.63, 3.8) is 0 Å². The van der Waals surface area contributed by atoms with Crippen LogP contribution < -0.4 is 16.5 Å². The van der Waals surface area contributed by atoms with Crippen LogP contribution in [0.1, 0.15) is 58.6 Å². The molecule has 1 saturated carbocycles. The number of nitrogens with two attached hydrogens (primary N) is 1. The van der Waals surface area contributed by atoms with E-state index in [9.17, 15) is 14.7 Å². The van der Waals surface area contributed by atoms with Gasteiger partial charge in [-0.25, -0.2) is 13.6 Å². The minimum Gasteiger partial charge on any atom is -0.477 e. The number of carboxylic acid groups (broad SMARTS) is 1. The zero-order valence-corrected chi connectivity index (χ0v) is 17.6. The van der Waals surface area contributed by atoms with Crippen LogP contribution in [-0.2, 0) is 6.42 Å². The van der Waals surface area contributed by atoms with E-state index in [0.717, 1.165) is 48.7 Å². The van der Waals surface area contributed by atoms with Gasteiger partial charge in [0.25, 0.3) is 0 Å². The number of hydrogen-bond acceptors (Lipinski definition) is 5. The van der Waals surface area contributed by atoms with Crippen molar-refractivity contribution in [3.8, 4) is 10.4 Å². The summed E-state index contributed by atoms with van der Waals surface area (Å²) in [7, 11) is 1.86. The Hall–Kier alpha value is -2.78. The van der Waals surface area contributed by atoms with E-state index in [2.05, 4.69) is 5.32 Å². The largest absolute Gasteiger partial charge is 0.477 e. The first-order valence-corrected chi connectivity index (χ1v) is 11.0. The molecule has 31 heavy (non-hydrogen) atoms. The van der Waals surface area contributed by atoms with Gasteiger partial charge in [-0.15, -0.1) is 11.3 Å². The van der Waals surface area contributed by atoms with Gasteiger partial charge in [-0.1, -0.05) is 0 Å². The molecule has 9 heteroatoms. The third-order valence-electron chi connectivity index (χ3n) is 6.25. The van der Waals surface area contributed by atoms with Crippen molar-refractivity contribution in [2.24, 2.45) is 0 Å². The molecule has 162 valence electrons. The van der Waals surface area contributed by atoms with Crippen LogP contribution in [0.2, 0.25) is 0 Å². The van der Waals surface area contributed by atoms with Crippen LogP contribution in [0.25, 0.3) is 21.3 Å². The number of carboxylic acids is 1. The molecule has 0 spiro atoms. The Bertz CT molecular complexity index is 1310. The summed E-state index contributed by atoms with van der Waals surface area (Å²) >= 11 is 1.33. The van der Waals surface area contributed by atoms with Gasteiger partial charge in [-0.05, 0) is 50.8 Å². The summed E-state index contributed by atoms with van der Waals surface area (Å²) in [6, 6.07) is 1.80. The normalized spacial score (nSPS) is 18.4. The van der Waals surface area contributed by atoms with Crippen molar-refractivity contribution in [3.05, 3.63) is 50.1 Å². The van der Waals surface area contributed by atoms with Gasteiger partial charge in [0.05, 0.1) is 22.2 Å². The number of anilines is 1. The van der Waals surface area contributed by atoms with E-state index in [-0.39, 0.29) is 23.2 Å². The third-order valence-corrected chi connectivity index (χ3v) is 7.56. The average Bonchev–Trinajstić information content (AvgIpc) is 3.49. The van der Waals surface area contributed by atoms with Gasteiger partial charge in [-0.2, -0.15) is 0 Å². The van der Waals surface area contributed by atoms with E-state index < -0.39 is 39.7 Å². The highest BCUT2D eigenvalue weighted by Crippen LogP contribution is 2.45. The van der Waals surface area contributed by atoms with Crippen LogP contribution in [0.3, 0.4) is 0 Å². The molecule has 1 atom stereocenters. The van der Waals surface area contributed by atoms with E-state index in [1.54, 1.807) is 0 Å². The van der Waals surface area contributed by atoms with E-state index >= 15 is 8.78 Å². The first-order chi connectivity index (χ1) is 14.8. The summed E-state index contributed by atoms with van der Waals surface area (Å²) in [4.78, 5) is 25.8. The smallest absolute Gasteiger partial charge is 0.341 e. The third kappa shape index (κ3) is 2.98.